The number of carbonyl (C=O) groups is 1. The summed E-state index contributed by atoms with van der Waals surface area (Å²) in [6, 6.07) is 18.0. The molecule has 3 aromatic rings. The lowest BCUT2D eigenvalue weighted by atomic mass is 10.1. The molecule has 0 aliphatic carbocycles. The van der Waals surface area contributed by atoms with Crippen molar-refractivity contribution in [2.24, 2.45) is 5.10 Å². The van der Waals surface area contributed by atoms with Crippen LogP contribution in [0, 0.1) is 13.8 Å². The Hall–Kier alpha value is -3.54. The van der Waals surface area contributed by atoms with Gasteiger partial charge in [0, 0.05) is 28.2 Å². The Labute approximate surface area is 183 Å². The lowest BCUT2D eigenvalue weighted by molar-refractivity contribution is -0.142. The van der Waals surface area contributed by atoms with Gasteiger partial charge in [0.2, 0.25) is 0 Å². The molecule has 6 heteroatoms. The molecule has 0 saturated heterocycles. The van der Waals surface area contributed by atoms with Crippen LogP contribution in [0.15, 0.2) is 59.7 Å². The number of methoxy groups -OCH3 is 1. The topological polar surface area (TPSA) is 64.9 Å². The molecule has 0 radical (unpaired) electrons. The maximum atomic E-state index is 11.7. The van der Waals surface area contributed by atoms with Crippen molar-refractivity contribution in [2.75, 3.05) is 13.7 Å². The average molecular weight is 420 g/mol. The molecule has 0 spiro atoms. The highest BCUT2D eigenvalue weighted by Gasteiger charge is 2.10. The molecule has 0 fully saturated rings. The summed E-state index contributed by atoms with van der Waals surface area (Å²) in [5.41, 5.74) is 9.38. The van der Waals surface area contributed by atoms with Crippen LogP contribution in [0.2, 0.25) is 0 Å². The maximum Gasteiger partial charge on any atom is 0.310 e. The van der Waals surface area contributed by atoms with Crippen LogP contribution >= 0.6 is 0 Å². The normalized spacial score (nSPS) is 11.0. The van der Waals surface area contributed by atoms with E-state index in [-0.39, 0.29) is 12.4 Å². The second-order valence-electron chi connectivity index (χ2n) is 7.22. The van der Waals surface area contributed by atoms with E-state index >= 15 is 0 Å². The van der Waals surface area contributed by atoms with Crippen LogP contribution in [-0.2, 0) is 22.5 Å². The highest BCUT2D eigenvalue weighted by atomic mass is 16.5. The second kappa shape index (κ2) is 10.5. The van der Waals surface area contributed by atoms with E-state index in [4.69, 9.17) is 9.47 Å². The molecule has 1 N–H and O–H groups in total. The Morgan fingerprint density at radius 2 is 1.87 bits per heavy atom. The van der Waals surface area contributed by atoms with E-state index in [2.05, 4.69) is 35.0 Å². The van der Waals surface area contributed by atoms with Crippen molar-refractivity contribution < 1.29 is 14.3 Å². The standard InChI is InChI=1S/C25H29N3O3/c1-5-31-25(29)15-20-10-12-23(13-11-20)28-18(2)14-22(19(28)3)17-27-26-16-21-8-6-7-9-24(21)30-4/h6-14,17,26H,5,15-16H2,1-4H3/b27-17+. The van der Waals surface area contributed by atoms with Crippen molar-refractivity contribution in [3.05, 3.63) is 82.7 Å². The number of benzene rings is 2. The smallest absolute Gasteiger partial charge is 0.310 e. The third-order valence-corrected chi connectivity index (χ3v) is 5.08. The molecule has 162 valence electrons. The lowest BCUT2D eigenvalue weighted by Crippen LogP contribution is -2.08. The molecular weight excluding hydrogens is 390 g/mol. The number of hydrogen-bond acceptors (Lipinski definition) is 5. The van der Waals surface area contributed by atoms with Gasteiger partial charge in [0.1, 0.15) is 5.75 Å². The van der Waals surface area contributed by atoms with Crippen LogP contribution < -0.4 is 10.2 Å². The van der Waals surface area contributed by atoms with E-state index < -0.39 is 0 Å². The number of carbonyl (C=O) groups excluding carboxylic acids is 1. The zero-order valence-electron chi connectivity index (χ0n) is 18.5. The fourth-order valence-electron chi connectivity index (χ4n) is 3.55. The summed E-state index contributed by atoms with van der Waals surface area (Å²) in [6.45, 7) is 6.94. The van der Waals surface area contributed by atoms with Gasteiger partial charge in [-0.2, -0.15) is 5.10 Å². The van der Waals surface area contributed by atoms with E-state index in [1.165, 1.54) is 0 Å². The summed E-state index contributed by atoms with van der Waals surface area (Å²) in [7, 11) is 1.67. The highest BCUT2D eigenvalue weighted by Crippen LogP contribution is 2.21. The van der Waals surface area contributed by atoms with Gasteiger partial charge in [0.05, 0.1) is 32.9 Å². The fraction of sp³-hybridized carbons (Fsp3) is 0.280. The predicted molar refractivity (Wildman–Crippen MR) is 123 cm³/mol. The summed E-state index contributed by atoms with van der Waals surface area (Å²) in [5, 5.41) is 4.39. The molecule has 0 aliphatic heterocycles. The summed E-state index contributed by atoms with van der Waals surface area (Å²) in [6.07, 6.45) is 2.12. The summed E-state index contributed by atoms with van der Waals surface area (Å²) < 4.78 is 12.6. The molecule has 0 aliphatic rings. The van der Waals surface area contributed by atoms with E-state index in [9.17, 15) is 4.79 Å². The van der Waals surface area contributed by atoms with Gasteiger partial charge in [-0.25, -0.2) is 0 Å². The first kappa shape index (κ1) is 22.2. The van der Waals surface area contributed by atoms with Gasteiger partial charge in [0.15, 0.2) is 0 Å². The maximum absolute atomic E-state index is 11.7. The van der Waals surface area contributed by atoms with Crippen LogP contribution in [0.3, 0.4) is 0 Å². The van der Waals surface area contributed by atoms with Gasteiger partial charge in [-0.05, 0) is 50.6 Å². The first-order valence-corrected chi connectivity index (χ1v) is 10.3. The van der Waals surface area contributed by atoms with Crippen molar-refractivity contribution >= 4 is 12.2 Å². The number of aromatic nitrogens is 1. The van der Waals surface area contributed by atoms with Crippen LogP contribution in [0.25, 0.3) is 5.69 Å². The molecule has 31 heavy (non-hydrogen) atoms. The van der Waals surface area contributed by atoms with Crippen molar-refractivity contribution in [1.82, 2.24) is 9.99 Å². The molecule has 0 unspecified atom stereocenters. The van der Waals surface area contributed by atoms with Crippen LogP contribution in [0.4, 0.5) is 0 Å². The summed E-state index contributed by atoms with van der Waals surface area (Å²) in [4.78, 5) is 11.7. The van der Waals surface area contributed by atoms with E-state index in [0.717, 1.165) is 39.5 Å². The Morgan fingerprint density at radius 3 is 2.58 bits per heavy atom. The number of esters is 1. The van der Waals surface area contributed by atoms with Crippen molar-refractivity contribution in [3.8, 4) is 11.4 Å². The number of nitrogens with one attached hydrogen (secondary N) is 1. The lowest BCUT2D eigenvalue weighted by Gasteiger charge is -2.10. The monoisotopic (exact) mass is 419 g/mol. The Balaban J connectivity index is 1.69. The van der Waals surface area contributed by atoms with E-state index in [1.54, 1.807) is 7.11 Å². The summed E-state index contributed by atoms with van der Waals surface area (Å²) in [5.74, 6) is 0.637. The minimum absolute atomic E-state index is 0.206. The van der Waals surface area contributed by atoms with Gasteiger partial charge < -0.3 is 19.5 Å². The van der Waals surface area contributed by atoms with Gasteiger partial charge in [-0.15, -0.1) is 0 Å². The zero-order chi connectivity index (χ0) is 22.2. The molecule has 3 rings (SSSR count). The molecule has 1 heterocycles. The molecule has 0 amide bonds. The number of para-hydroxylation sites is 1. The molecule has 6 nitrogen and oxygen atoms in total. The van der Waals surface area contributed by atoms with Crippen LogP contribution in [0.5, 0.6) is 5.75 Å². The van der Waals surface area contributed by atoms with Gasteiger partial charge in [-0.3, -0.25) is 4.79 Å². The van der Waals surface area contributed by atoms with E-state index in [1.807, 2.05) is 61.7 Å². The van der Waals surface area contributed by atoms with Gasteiger partial charge in [-0.1, -0.05) is 30.3 Å². The second-order valence-corrected chi connectivity index (χ2v) is 7.22. The van der Waals surface area contributed by atoms with Crippen LogP contribution in [-0.4, -0.2) is 30.5 Å². The number of ether oxygens (including phenoxy) is 2. The van der Waals surface area contributed by atoms with E-state index in [0.29, 0.717) is 13.2 Å². The Morgan fingerprint density at radius 1 is 1.13 bits per heavy atom. The average Bonchev–Trinajstić information content (AvgIpc) is 3.05. The largest absolute Gasteiger partial charge is 0.496 e. The van der Waals surface area contributed by atoms with Crippen molar-refractivity contribution in [1.29, 1.82) is 0 Å². The number of hydrogen-bond donors (Lipinski definition) is 1. The summed E-state index contributed by atoms with van der Waals surface area (Å²) >= 11 is 0. The molecular formula is C25H29N3O3. The number of rotatable bonds is 9. The molecule has 0 saturated carbocycles. The fourth-order valence-corrected chi connectivity index (χ4v) is 3.55. The minimum atomic E-state index is -0.206. The zero-order valence-corrected chi connectivity index (χ0v) is 18.5. The number of aryl methyl sites for hydroxylation is 1. The van der Waals surface area contributed by atoms with Crippen LogP contribution in [0.1, 0.15) is 35.0 Å². The van der Waals surface area contributed by atoms with Crippen molar-refractivity contribution in [2.45, 2.75) is 33.7 Å². The molecule has 0 bridgehead atoms. The van der Waals surface area contributed by atoms with Gasteiger partial charge >= 0.3 is 5.97 Å². The quantitative estimate of drug-likeness (QED) is 0.318. The molecule has 2 aromatic carbocycles. The predicted octanol–water partition coefficient (Wildman–Crippen LogP) is 4.33. The molecule has 0 atom stereocenters. The Kier molecular flexibility index (Phi) is 7.49. The third kappa shape index (κ3) is 5.54. The highest BCUT2D eigenvalue weighted by molar-refractivity contribution is 5.82. The van der Waals surface area contributed by atoms with Crippen molar-refractivity contribution in [3.63, 3.8) is 0 Å². The SMILES string of the molecule is CCOC(=O)Cc1ccc(-n2c(C)cc(/C=N/NCc3ccccc3OC)c2C)cc1. The Bertz CT molecular complexity index is 1050. The third-order valence-electron chi connectivity index (χ3n) is 5.08. The first-order chi connectivity index (χ1) is 15.0. The first-order valence-electron chi connectivity index (χ1n) is 10.3. The van der Waals surface area contributed by atoms with Gasteiger partial charge in [0.25, 0.3) is 0 Å². The number of hydrazone groups is 1. The minimum Gasteiger partial charge on any atom is -0.496 e. The molecule has 1 aromatic heterocycles. The number of nitrogens with zero attached hydrogens (tertiary/aromatic N) is 2.